The SMILES string of the molecule is O=C(O)/C=C/c1cc(Br)c(OCc2cscn2)c(Br)c1. The molecule has 0 spiro atoms. The summed E-state index contributed by atoms with van der Waals surface area (Å²) in [6, 6.07) is 3.58. The van der Waals surface area contributed by atoms with E-state index in [-0.39, 0.29) is 0 Å². The molecule has 104 valence electrons. The van der Waals surface area contributed by atoms with E-state index in [0.29, 0.717) is 12.4 Å². The summed E-state index contributed by atoms with van der Waals surface area (Å²) in [5, 5.41) is 10.5. The number of carboxylic acid groups (broad SMARTS) is 1. The molecule has 0 aliphatic carbocycles. The van der Waals surface area contributed by atoms with Gasteiger partial charge in [0.05, 0.1) is 20.1 Å². The van der Waals surface area contributed by atoms with E-state index < -0.39 is 5.97 Å². The molecule has 7 heteroatoms. The highest BCUT2D eigenvalue weighted by Crippen LogP contribution is 2.35. The van der Waals surface area contributed by atoms with Gasteiger partial charge in [0, 0.05) is 11.5 Å². The minimum atomic E-state index is -0.985. The van der Waals surface area contributed by atoms with Crippen LogP contribution in [0.25, 0.3) is 6.08 Å². The van der Waals surface area contributed by atoms with Gasteiger partial charge in [0.25, 0.3) is 0 Å². The number of rotatable bonds is 5. The Morgan fingerprint density at radius 3 is 2.65 bits per heavy atom. The van der Waals surface area contributed by atoms with Crippen LogP contribution in [-0.2, 0) is 11.4 Å². The zero-order valence-corrected chi connectivity index (χ0v) is 14.0. The van der Waals surface area contributed by atoms with Gasteiger partial charge in [-0.05, 0) is 55.6 Å². The highest BCUT2D eigenvalue weighted by atomic mass is 79.9. The highest BCUT2D eigenvalue weighted by molar-refractivity contribution is 9.11. The van der Waals surface area contributed by atoms with Gasteiger partial charge >= 0.3 is 5.97 Å². The maximum absolute atomic E-state index is 10.5. The third kappa shape index (κ3) is 4.16. The highest BCUT2D eigenvalue weighted by Gasteiger charge is 2.09. The third-order valence-electron chi connectivity index (χ3n) is 2.29. The van der Waals surface area contributed by atoms with Crippen molar-refractivity contribution in [3.63, 3.8) is 0 Å². The first kappa shape index (κ1) is 15.2. The second-order valence-electron chi connectivity index (χ2n) is 3.75. The monoisotopic (exact) mass is 417 g/mol. The molecule has 0 saturated heterocycles. The molecule has 1 aromatic heterocycles. The van der Waals surface area contributed by atoms with Crippen LogP contribution >= 0.6 is 43.2 Å². The number of hydrogen-bond donors (Lipinski definition) is 1. The fraction of sp³-hybridized carbons (Fsp3) is 0.0769. The predicted molar refractivity (Wildman–Crippen MR) is 85.0 cm³/mol. The van der Waals surface area contributed by atoms with Crippen molar-refractivity contribution in [3.8, 4) is 5.75 Å². The average Bonchev–Trinajstić information content (AvgIpc) is 2.88. The molecule has 1 N–H and O–H groups in total. The molecule has 0 unspecified atom stereocenters. The summed E-state index contributed by atoms with van der Waals surface area (Å²) in [4.78, 5) is 14.6. The van der Waals surface area contributed by atoms with Crippen LogP contribution in [0.3, 0.4) is 0 Å². The topological polar surface area (TPSA) is 59.4 Å². The molecule has 1 aromatic carbocycles. The van der Waals surface area contributed by atoms with Crippen molar-refractivity contribution in [2.75, 3.05) is 0 Å². The number of ether oxygens (including phenoxy) is 1. The normalized spacial score (nSPS) is 10.9. The fourth-order valence-electron chi connectivity index (χ4n) is 1.44. The molecule has 2 rings (SSSR count). The molecular formula is C13H9Br2NO3S. The average molecular weight is 419 g/mol. The van der Waals surface area contributed by atoms with Crippen LogP contribution in [0.5, 0.6) is 5.75 Å². The van der Waals surface area contributed by atoms with Crippen molar-refractivity contribution < 1.29 is 14.6 Å². The van der Waals surface area contributed by atoms with Gasteiger partial charge in [-0.25, -0.2) is 9.78 Å². The molecule has 0 radical (unpaired) electrons. The van der Waals surface area contributed by atoms with E-state index in [9.17, 15) is 4.79 Å². The van der Waals surface area contributed by atoms with E-state index in [0.717, 1.165) is 26.3 Å². The number of nitrogens with zero attached hydrogens (tertiary/aromatic N) is 1. The number of aliphatic carboxylic acids is 1. The number of hydrogen-bond acceptors (Lipinski definition) is 4. The number of carbonyl (C=O) groups is 1. The quantitative estimate of drug-likeness (QED) is 0.733. The van der Waals surface area contributed by atoms with E-state index in [1.807, 2.05) is 5.38 Å². The molecule has 20 heavy (non-hydrogen) atoms. The first-order valence-electron chi connectivity index (χ1n) is 5.46. The number of benzene rings is 1. The first-order valence-corrected chi connectivity index (χ1v) is 7.99. The molecule has 0 aliphatic rings. The van der Waals surface area contributed by atoms with Gasteiger partial charge in [0.15, 0.2) is 0 Å². The number of thiazole rings is 1. The van der Waals surface area contributed by atoms with Crippen molar-refractivity contribution in [3.05, 3.63) is 49.3 Å². The molecule has 0 atom stereocenters. The van der Waals surface area contributed by atoms with E-state index in [2.05, 4.69) is 36.8 Å². The molecule has 4 nitrogen and oxygen atoms in total. The molecule has 0 saturated carbocycles. The Labute approximate surface area is 136 Å². The molecule has 0 amide bonds. The second-order valence-corrected chi connectivity index (χ2v) is 6.18. The van der Waals surface area contributed by atoms with Crippen molar-refractivity contribution in [2.24, 2.45) is 0 Å². The van der Waals surface area contributed by atoms with Crippen LogP contribution in [0.2, 0.25) is 0 Å². The number of halogens is 2. The summed E-state index contributed by atoms with van der Waals surface area (Å²) in [5.74, 6) is -0.327. The lowest BCUT2D eigenvalue weighted by Gasteiger charge is -2.10. The van der Waals surface area contributed by atoms with Crippen molar-refractivity contribution in [1.29, 1.82) is 0 Å². The van der Waals surface area contributed by atoms with E-state index in [1.165, 1.54) is 17.4 Å². The summed E-state index contributed by atoms with van der Waals surface area (Å²) in [7, 11) is 0. The number of carboxylic acids is 1. The van der Waals surface area contributed by atoms with Crippen LogP contribution in [0.4, 0.5) is 0 Å². The van der Waals surface area contributed by atoms with Gasteiger partial charge < -0.3 is 9.84 Å². The summed E-state index contributed by atoms with van der Waals surface area (Å²) in [6.07, 6.45) is 2.60. The molecule has 0 bridgehead atoms. The lowest BCUT2D eigenvalue weighted by Crippen LogP contribution is -1.97. The van der Waals surface area contributed by atoms with Crippen LogP contribution in [0.1, 0.15) is 11.3 Å². The van der Waals surface area contributed by atoms with E-state index in [4.69, 9.17) is 9.84 Å². The van der Waals surface area contributed by atoms with E-state index >= 15 is 0 Å². The van der Waals surface area contributed by atoms with Gasteiger partial charge in [0.2, 0.25) is 0 Å². The summed E-state index contributed by atoms with van der Waals surface area (Å²) >= 11 is 8.35. The minimum absolute atomic E-state index is 0.380. The van der Waals surface area contributed by atoms with Gasteiger partial charge in [-0.1, -0.05) is 0 Å². The van der Waals surface area contributed by atoms with Crippen molar-refractivity contribution >= 4 is 55.2 Å². The Bertz CT molecular complexity index is 618. The first-order chi connectivity index (χ1) is 9.56. The van der Waals surface area contributed by atoms with Gasteiger partial charge in [0.1, 0.15) is 12.4 Å². The van der Waals surface area contributed by atoms with Crippen molar-refractivity contribution in [2.45, 2.75) is 6.61 Å². The maximum atomic E-state index is 10.5. The smallest absolute Gasteiger partial charge is 0.328 e. The summed E-state index contributed by atoms with van der Waals surface area (Å²) in [6.45, 7) is 0.380. The van der Waals surface area contributed by atoms with Gasteiger partial charge in [-0.3, -0.25) is 0 Å². The Morgan fingerprint density at radius 1 is 1.40 bits per heavy atom. The standard InChI is InChI=1S/C13H9Br2NO3S/c14-10-3-8(1-2-12(17)18)4-11(15)13(10)19-5-9-6-20-7-16-9/h1-4,6-7H,5H2,(H,17,18)/b2-1+. The van der Waals surface area contributed by atoms with Crippen LogP contribution in [-0.4, -0.2) is 16.1 Å². The molecule has 0 fully saturated rings. The molecule has 2 aromatic rings. The summed E-state index contributed by atoms with van der Waals surface area (Å²) in [5.41, 5.74) is 3.37. The molecule has 1 heterocycles. The summed E-state index contributed by atoms with van der Waals surface area (Å²) < 4.78 is 7.19. The Hall–Kier alpha value is -1.18. The zero-order valence-electron chi connectivity index (χ0n) is 10.0. The Kier molecular flexibility index (Phi) is 5.33. The van der Waals surface area contributed by atoms with E-state index in [1.54, 1.807) is 17.6 Å². The maximum Gasteiger partial charge on any atom is 0.328 e. The number of aromatic nitrogens is 1. The largest absolute Gasteiger partial charge is 0.485 e. The lowest BCUT2D eigenvalue weighted by molar-refractivity contribution is -0.131. The van der Waals surface area contributed by atoms with Crippen LogP contribution in [0, 0.1) is 0 Å². The minimum Gasteiger partial charge on any atom is -0.485 e. The fourth-order valence-corrected chi connectivity index (χ4v) is 3.43. The molecular weight excluding hydrogens is 410 g/mol. The zero-order chi connectivity index (χ0) is 14.5. The lowest BCUT2D eigenvalue weighted by atomic mass is 10.2. The predicted octanol–water partition coefficient (Wildman–Crippen LogP) is 4.34. The Balaban J connectivity index is 2.16. The van der Waals surface area contributed by atoms with Crippen molar-refractivity contribution in [1.82, 2.24) is 4.98 Å². The third-order valence-corrected chi connectivity index (χ3v) is 4.10. The second kappa shape index (κ2) is 7.01. The molecule has 0 aliphatic heterocycles. The van der Waals surface area contributed by atoms with Crippen LogP contribution in [0.15, 0.2) is 38.0 Å². The van der Waals surface area contributed by atoms with Gasteiger partial charge in [-0.2, -0.15) is 0 Å². The van der Waals surface area contributed by atoms with Crippen LogP contribution < -0.4 is 4.74 Å². The Morgan fingerprint density at radius 2 is 2.10 bits per heavy atom. The van der Waals surface area contributed by atoms with Gasteiger partial charge in [-0.15, -0.1) is 11.3 Å².